The fraction of sp³-hybridized carbons (Fsp3) is 0.143. The maximum atomic E-state index is 13.7. The molecule has 3 heterocycles. The Morgan fingerprint density at radius 1 is 1.05 bits per heavy atom. The smallest absolute Gasteiger partial charge is 0.383 e. The van der Waals surface area contributed by atoms with Gasteiger partial charge in [-0.1, -0.05) is 12.1 Å². The molecule has 0 unspecified atom stereocenters. The number of hydrogen-bond donors (Lipinski definition) is 1. The van der Waals surface area contributed by atoms with E-state index in [9.17, 15) is 18.0 Å². The van der Waals surface area contributed by atoms with Crippen molar-refractivity contribution < 1.29 is 18.0 Å². The van der Waals surface area contributed by atoms with Crippen LogP contribution in [0.3, 0.4) is 0 Å². The predicted octanol–water partition coefficient (Wildman–Crippen LogP) is 5.57. The Kier molecular flexibility index (Phi) is 6.54. The van der Waals surface area contributed by atoms with E-state index in [4.69, 9.17) is 5.73 Å². The van der Waals surface area contributed by atoms with Crippen molar-refractivity contribution in [1.82, 2.24) is 24.4 Å². The van der Waals surface area contributed by atoms with Crippen molar-refractivity contribution in [2.75, 3.05) is 5.73 Å². The maximum absolute atomic E-state index is 13.7. The third kappa shape index (κ3) is 5.34. The first-order valence-electron chi connectivity index (χ1n) is 11.7. The number of anilines is 1. The van der Waals surface area contributed by atoms with Crippen molar-refractivity contribution in [3.8, 4) is 5.69 Å². The number of nitrogens with zero attached hydrogens (tertiary/aromatic N) is 5. The van der Waals surface area contributed by atoms with Crippen LogP contribution in [0.5, 0.6) is 0 Å². The number of carbonyl (C=O) groups is 1. The number of alkyl halides is 3. The first-order chi connectivity index (χ1) is 18.2. The van der Waals surface area contributed by atoms with Crippen molar-refractivity contribution in [2.24, 2.45) is 0 Å². The van der Waals surface area contributed by atoms with E-state index in [0.717, 1.165) is 34.5 Å². The number of rotatable bonds is 6. The van der Waals surface area contributed by atoms with Gasteiger partial charge in [0.1, 0.15) is 5.82 Å². The molecule has 2 N–H and O–H groups in total. The van der Waals surface area contributed by atoms with Crippen LogP contribution in [-0.4, -0.2) is 30.3 Å². The van der Waals surface area contributed by atoms with Crippen LogP contribution in [0.2, 0.25) is 0 Å². The summed E-state index contributed by atoms with van der Waals surface area (Å²) >= 11 is 0. The molecule has 0 aliphatic heterocycles. The van der Waals surface area contributed by atoms with Crippen LogP contribution >= 0.6 is 0 Å². The molecule has 0 aliphatic rings. The molecule has 192 valence electrons. The van der Waals surface area contributed by atoms with Gasteiger partial charge in [0, 0.05) is 41.8 Å². The molecule has 3 aromatic heterocycles. The first kappa shape index (κ1) is 24.9. The van der Waals surface area contributed by atoms with E-state index in [-0.39, 0.29) is 19.0 Å². The van der Waals surface area contributed by atoms with Gasteiger partial charge in [0.2, 0.25) is 0 Å². The summed E-state index contributed by atoms with van der Waals surface area (Å²) in [7, 11) is 0. The molecular formula is C28H23F3N6O. The number of hydrogen-bond acceptors (Lipinski definition) is 5. The van der Waals surface area contributed by atoms with Gasteiger partial charge in [-0.2, -0.15) is 13.2 Å². The number of aromatic nitrogens is 4. The highest BCUT2D eigenvalue weighted by atomic mass is 19.4. The zero-order valence-electron chi connectivity index (χ0n) is 20.4. The average Bonchev–Trinajstić information content (AvgIpc) is 3.44. The third-order valence-electron chi connectivity index (χ3n) is 6.17. The van der Waals surface area contributed by atoms with Crippen molar-refractivity contribution in [1.29, 1.82) is 0 Å². The lowest BCUT2D eigenvalue weighted by molar-refractivity contribution is -0.137. The maximum Gasteiger partial charge on any atom is 0.417 e. The van der Waals surface area contributed by atoms with Crippen molar-refractivity contribution in [3.63, 3.8) is 0 Å². The Hall–Kier alpha value is -4.73. The van der Waals surface area contributed by atoms with Crippen molar-refractivity contribution in [3.05, 3.63) is 114 Å². The number of benzene rings is 2. The molecule has 0 aliphatic carbocycles. The van der Waals surface area contributed by atoms with Crippen LogP contribution in [0, 0.1) is 6.92 Å². The highest BCUT2D eigenvalue weighted by Crippen LogP contribution is 2.29. The van der Waals surface area contributed by atoms with Crippen LogP contribution < -0.4 is 5.73 Å². The van der Waals surface area contributed by atoms with Crippen molar-refractivity contribution in [2.45, 2.75) is 26.2 Å². The summed E-state index contributed by atoms with van der Waals surface area (Å²) in [6.45, 7) is 2.07. The summed E-state index contributed by atoms with van der Waals surface area (Å²) in [6.07, 6.45) is 1.45. The van der Waals surface area contributed by atoms with E-state index in [0.29, 0.717) is 22.6 Å². The van der Waals surface area contributed by atoms with Crippen LogP contribution in [0.1, 0.15) is 32.7 Å². The van der Waals surface area contributed by atoms with E-state index in [2.05, 4.69) is 15.0 Å². The quantitative estimate of drug-likeness (QED) is 0.319. The molecule has 5 rings (SSSR count). The Balaban J connectivity index is 1.48. The Labute approximate surface area is 216 Å². The fourth-order valence-electron chi connectivity index (χ4n) is 4.14. The Morgan fingerprint density at radius 2 is 1.89 bits per heavy atom. The second-order valence-corrected chi connectivity index (χ2v) is 8.94. The van der Waals surface area contributed by atoms with E-state index in [1.165, 1.54) is 6.07 Å². The molecular weight excluding hydrogens is 493 g/mol. The highest BCUT2D eigenvalue weighted by molar-refractivity contribution is 5.98. The van der Waals surface area contributed by atoms with Gasteiger partial charge in [-0.05, 0) is 66.6 Å². The van der Waals surface area contributed by atoms with Gasteiger partial charge < -0.3 is 15.2 Å². The summed E-state index contributed by atoms with van der Waals surface area (Å²) in [5, 5.41) is 0.761. The third-order valence-corrected chi connectivity index (χ3v) is 6.17. The molecule has 7 nitrogen and oxygen atoms in total. The summed E-state index contributed by atoms with van der Waals surface area (Å²) in [5.74, 6) is 0.125. The van der Waals surface area contributed by atoms with Crippen LogP contribution in [0.15, 0.2) is 85.6 Å². The van der Waals surface area contributed by atoms with E-state index in [1.807, 2.05) is 48.0 Å². The molecule has 1 amide bonds. The largest absolute Gasteiger partial charge is 0.417 e. The predicted molar refractivity (Wildman–Crippen MR) is 137 cm³/mol. The SMILES string of the molecule is Cc1cc2cc(C(=O)N(Cc3cccc(-n4ccnc4)c3)Cc3ccc(C(F)(F)F)cn3)ccc2nc1N. The van der Waals surface area contributed by atoms with Gasteiger partial charge in [0.25, 0.3) is 5.91 Å². The van der Waals surface area contributed by atoms with Gasteiger partial charge in [-0.3, -0.25) is 9.78 Å². The number of nitrogen functional groups attached to an aromatic ring is 1. The zero-order chi connectivity index (χ0) is 26.9. The van der Waals surface area contributed by atoms with Gasteiger partial charge in [-0.15, -0.1) is 0 Å². The molecule has 10 heteroatoms. The van der Waals surface area contributed by atoms with Gasteiger partial charge in [0.15, 0.2) is 0 Å². The molecule has 0 saturated carbocycles. The number of carbonyl (C=O) groups excluding carboxylic acids is 1. The first-order valence-corrected chi connectivity index (χ1v) is 11.7. The lowest BCUT2D eigenvalue weighted by Gasteiger charge is -2.23. The summed E-state index contributed by atoms with van der Waals surface area (Å²) in [4.78, 5) is 27.7. The number of pyridine rings is 2. The van der Waals surface area contributed by atoms with Gasteiger partial charge in [-0.25, -0.2) is 9.97 Å². The van der Waals surface area contributed by atoms with E-state index in [1.54, 1.807) is 35.6 Å². The summed E-state index contributed by atoms with van der Waals surface area (Å²) in [5.41, 5.74) is 8.99. The van der Waals surface area contributed by atoms with E-state index >= 15 is 0 Å². The monoisotopic (exact) mass is 516 g/mol. The summed E-state index contributed by atoms with van der Waals surface area (Å²) in [6, 6.07) is 16.9. The number of amides is 1. The second kappa shape index (κ2) is 9.97. The lowest BCUT2D eigenvalue weighted by Crippen LogP contribution is -2.30. The minimum absolute atomic E-state index is 0.0172. The highest BCUT2D eigenvalue weighted by Gasteiger charge is 2.30. The molecule has 0 fully saturated rings. The second-order valence-electron chi connectivity index (χ2n) is 8.94. The topological polar surface area (TPSA) is 89.9 Å². The number of halogens is 3. The molecule has 5 aromatic rings. The Morgan fingerprint density at radius 3 is 2.61 bits per heavy atom. The number of imidazole rings is 1. The standard InChI is InChI=1S/C28H23F3N6O/c1-18-11-21-13-20(5-8-25(21)35-26(18)32)27(38)37(16-23-7-6-22(14-34-23)28(29,30)31)15-19-3-2-4-24(12-19)36-10-9-33-17-36/h2-14,17H,15-16H2,1H3,(H2,32,35). The number of fused-ring (bicyclic) bond motifs is 1. The molecule has 0 spiro atoms. The van der Waals surface area contributed by atoms with Crippen molar-refractivity contribution >= 4 is 22.6 Å². The number of nitrogens with two attached hydrogens (primary N) is 1. The molecule has 0 radical (unpaired) electrons. The Bertz CT molecular complexity index is 1600. The molecule has 0 saturated heterocycles. The minimum atomic E-state index is -4.49. The van der Waals surface area contributed by atoms with Crippen LogP contribution in [-0.2, 0) is 19.3 Å². The zero-order valence-corrected chi connectivity index (χ0v) is 20.4. The normalized spacial score (nSPS) is 11.6. The average molecular weight is 517 g/mol. The van der Waals surface area contributed by atoms with E-state index < -0.39 is 11.7 Å². The molecule has 0 bridgehead atoms. The molecule has 38 heavy (non-hydrogen) atoms. The van der Waals surface area contributed by atoms with Gasteiger partial charge >= 0.3 is 6.18 Å². The minimum Gasteiger partial charge on any atom is -0.383 e. The fourth-order valence-corrected chi connectivity index (χ4v) is 4.14. The lowest BCUT2D eigenvalue weighted by atomic mass is 10.1. The van der Waals surface area contributed by atoms with Crippen LogP contribution in [0.25, 0.3) is 16.6 Å². The van der Waals surface area contributed by atoms with Crippen LogP contribution in [0.4, 0.5) is 19.0 Å². The van der Waals surface area contributed by atoms with Gasteiger partial charge in [0.05, 0.1) is 29.6 Å². The molecule has 0 atom stereocenters. The number of aryl methyl sites for hydroxylation is 1. The molecule has 2 aromatic carbocycles. The summed E-state index contributed by atoms with van der Waals surface area (Å²) < 4.78 is 40.9.